The van der Waals surface area contributed by atoms with Crippen molar-refractivity contribution in [2.75, 3.05) is 6.61 Å². The van der Waals surface area contributed by atoms with Gasteiger partial charge in [-0.05, 0) is 6.92 Å². The van der Waals surface area contributed by atoms with E-state index in [1.807, 2.05) is 0 Å². The Bertz CT molecular complexity index is 100. The van der Waals surface area contributed by atoms with Crippen LogP contribution in [0.5, 0.6) is 0 Å². The Morgan fingerprint density at radius 1 is 1.78 bits per heavy atom. The number of hydrogen-bond donors (Lipinski definition) is 1. The smallest absolute Gasteiger partial charge is 0.515 e. The summed E-state index contributed by atoms with van der Waals surface area (Å²) in [7, 11) is 0. The summed E-state index contributed by atoms with van der Waals surface area (Å²) in [6, 6.07) is 0. The van der Waals surface area contributed by atoms with Gasteiger partial charge in [0.2, 0.25) is 0 Å². The Kier molecular flexibility index (Phi) is 10.5. The molecular formula is C5H8NaO3+. The molecule has 0 bridgehead atoms. The van der Waals surface area contributed by atoms with E-state index in [-0.39, 0.29) is 29.6 Å². The van der Waals surface area contributed by atoms with Crippen LogP contribution in [0.25, 0.3) is 0 Å². The number of esters is 1. The molecule has 4 heteroatoms. The van der Waals surface area contributed by atoms with Crippen molar-refractivity contribution < 1.29 is 44.2 Å². The van der Waals surface area contributed by atoms with Gasteiger partial charge in [-0.1, -0.05) is 0 Å². The topological polar surface area (TPSA) is 46.5 Å². The maximum absolute atomic E-state index is 10.2. The molecule has 3 nitrogen and oxygen atoms in total. The van der Waals surface area contributed by atoms with E-state index in [2.05, 4.69) is 4.74 Å². The minimum atomic E-state index is -0.519. The van der Waals surface area contributed by atoms with Crippen LogP contribution in [0, 0.1) is 0 Å². The van der Waals surface area contributed by atoms with Crippen LogP contribution < -0.4 is 29.6 Å². The first-order valence-electron chi connectivity index (χ1n) is 2.28. The molecule has 46 valence electrons. The summed E-state index contributed by atoms with van der Waals surface area (Å²) >= 11 is 0. The number of carbonyl (C=O) groups is 1. The van der Waals surface area contributed by atoms with Crippen molar-refractivity contribution in [1.82, 2.24) is 0 Å². The molecule has 0 rings (SSSR count). The SMILES string of the molecule is CCOC(=O)/C=C/O.[Na+]. The van der Waals surface area contributed by atoms with Crippen molar-refractivity contribution in [2.24, 2.45) is 0 Å². The standard InChI is InChI=1S/C5H8O3.Na/c1-2-8-5(7)3-4-6;/h3-4,6H,2H2,1H3;/q;+1/b4-3+;. The molecule has 0 aromatic rings. The van der Waals surface area contributed by atoms with Gasteiger partial charge in [-0.3, -0.25) is 0 Å². The van der Waals surface area contributed by atoms with Crippen LogP contribution in [0.3, 0.4) is 0 Å². The fraction of sp³-hybridized carbons (Fsp3) is 0.400. The van der Waals surface area contributed by atoms with E-state index in [0.29, 0.717) is 12.9 Å². The van der Waals surface area contributed by atoms with Gasteiger partial charge in [-0.2, -0.15) is 0 Å². The molecule has 0 fully saturated rings. The van der Waals surface area contributed by atoms with Gasteiger partial charge in [0, 0.05) is 0 Å². The molecular weight excluding hydrogens is 131 g/mol. The van der Waals surface area contributed by atoms with Crippen LogP contribution in [0.15, 0.2) is 12.3 Å². The third-order valence-electron chi connectivity index (χ3n) is 0.497. The number of carbonyl (C=O) groups excluding carboxylic acids is 1. The van der Waals surface area contributed by atoms with Gasteiger partial charge in [-0.15, -0.1) is 0 Å². The van der Waals surface area contributed by atoms with Gasteiger partial charge in [-0.25, -0.2) is 4.79 Å². The van der Waals surface area contributed by atoms with Gasteiger partial charge < -0.3 is 9.84 Å². The summed E-state index contributed by atoms with van der Waals surface area (Å²) in [5.74, 6) is -0.519. The number of rotatable bonds is 2. The Labute approximate surface area is 76.0 Å². The summed E-state index contributed by atoms with van der Waals surface area (Å²) in [4.78, 5) is 10.2. The molecule has 0 aliphatic carbocycles. The van der Waals surface area contributed by atoms with E-state index in [0.717, 1.165) is 6.08 Å². The summed E-state index contributed by atoms with van der Waals surface area (Å²) in [6.45, 7) is 2.03. The predicted octanol–water partition coefficient (Wildman–Crippen LogP) is -2.37. The van der Waals surface area contributed by atoms with Crippen LogP contribution >= 0.6 is 0 Å². The molecule has 0 aromatic heterocycles. The fourth-order valence-corrected chi connectivity index (χ4v) is 0.251. The van der Waals surface area contributed by atoms with Crippen LogP contribution in [-0.4, -0.2) is 17.7 Å². The third-order valence-corrected chi connectivity index (χ3v) is 0.497. The zero-order valence-corrected chi connectivity index (χ0v) is 7.63. The average molecular weight is 139 g/mol. The first kappa shape index (κ1) is 11.8. The second-order valence-corrected chi connectivity index (χ2v) is 1.07. The van der Waals surface area contributed by atoms with Crippen molar-refractivity contribution >= 4 is 5.97 Å². The van der Waals surface area contributed by atoms with Crippen LogP contribution in [-0.2, 0) is 9.53 Å². The predicted molar refractivity (Wildman–Crippen MR) is 28.4 cm³/mol. The van der Waals surface area contributed by atoms with E-state index in [1.165, 1.54) is 0 Å². The Balaban J connectivity index is 0. The Morgan fingerprint density at radius 2 is 2.33 bits per heavy atom. The van der Waals surface area contributed by atoms with Crippen molar-refractivity contribution in [3.05, 3.63) is 12.3 Å². The fourth-order valence-electron chi connectivity index (χ4n) is 0.251. The van der Waals surface area contributed by atoms with Gasteiger partial charge >= 0.3 is 35.5 Å². The summed E-state index contributed by atoms with van der Waals surface area (Å²) < 4.78 is 4.40. The quantitative estimate of drug-likeness (QED) is 0.201. The maximum atomic E-state index is 10.2. The largest absolute Gasteiger partial charge is 1.00 e. The molecule has 0 amide bonds. The van der Waals surface area contributed by atoms with Gasteiger partial charge in [0.1, 0.15) is 0 Å². The van der Waals surface area contributed by atoms with Crippen molar-refractivity contribution in [2.45, 2.75) is 6.92 Å². The van der Waals surface area contributed by atoms with Gasteiger partial charge in [0.15, 0.2) is 0 Å². The molecule has 0 aromatic carbocycles. The maximum Gasteiger partial charge on any atom is 1.00 e. The number of ether oxygens (including phenoxy) is 1. The number of hydrogen-bond acceptors (Lipinski definition) is 3. The van der Waals surface area contributed by atoms with E-state index < -0.39 is 5.97 Å². The minimum absolute atomic E-state index is 0. The molecule has 0 atom stereocenters. The van der Waals surface area contributed by atoms with Gasteiger partial charge in [0.05, 0.1) is 18.9 Å². The molecule has 1 N–H and O–H groups in total. The van der Waals surface area contributed by atoms with Crippen molar-refractivity contribution in [3.63, 3.8) is 0 Å². The molecule has 0 saturated carbocycles. The van der Waals surface area contributed by atoms with E-state index in [1.54, 1.807) is 6.92 Å². The average Bonchev–Trinajstić information content (AvgIpc) is 1.68. The van der Waals surface area contributed by atoms with E-state index in [4.69, 9.17) is 5.11 Å². The van der Waals surface area contributed by atoms with E-state index in [9.17, 15) is 4.79 Å². The molecule has 0 aliphatic rings. The van der Waals surface area contributed by atoms with Crippen LogP contribution in [0.4, 0.5) is 0 Å². The number of aliphatic hydroxyl groups excluding tert-OH is 1. The zero-order valence-electron chi connectivity index (χ0n) is 5.63. The molecule has 0 radical (unpaired) electrons. The summed E-state index contributed by atoms with van der Waals surface area (Å²) in [5, 5.41) is 7.98. The summed E-state index contributed by atoms with van der Waals surface area (Å²) in [6.07, 6.45) is 1.60. The molecule has 0 unspecified atom stereocenters. The molecule has 0 spiro atoms. The second kappa shape index (κ2) is 8.01. The normalized spacial score (nSPS) is 8.56. The first-order valence-corrected chi connectivity index (χ1v) is 2.28. The number of aliphatic hydroxyl groups is 1. The van der Waals surface area contributed by atoms with Crippen molar-refractivity contribution in [3.8, 4) is 0 Å². The third kappa shape index (κ3) is 8.01. The molecule has 0 aliphatic heterocycles. The molecule has 0 saturated heterocycles. The van der Waals surface area contributed by atoms with Crippen LogP contribution in [0.1, 0.15) is 6.92 Å². The minimum Gasteiger partial charge on any atom is -0.515 e. The molecule has 9 heavy (non-hydrogen) atoms. The van der Waals surface area contributed by atoms with Gasteiger partial charge in [0.25, 0.3) is 0 Å². The monoisotopic (exact) mass is 139 g/mol. The van der Waals surface area contributed by atoms with E-state index >= 15 is 0 Å². The summed E-state index contributed by atoms with van der Waals surface area (Å²) in [5.41, 5.74) is 0. The molecule has 0 heterocycles. The van der Waals surface area contributed by atoms with Crippen molar-refractivity contribution in [1.29, 1.82) is 0 Å². The Hall–Kier alpha value is 0.0100. The zero-order chi connectivity index (χ0) is 6.41. The first-order chi connectivity index (χ1) is 3.81. The Morgan fingerprint density at radius 3 is 2.67 bits per heavy atom. The second-order valence-electron chi connectivity index (χ2n) is 1.07. The van der Waals surface area contributed by atoms with Crippen LogP contribution in [0.2, 0.25) is 0 Å².